The average Bonchev–Trinajstić information content (AvgIpc) is 3.18. The Balaban J connectivity index is 1.53. The summed E-state index contributed by atoms with van der Waals surface area (Å²) in [6.45, 7) is 3.47. The maximum absolute atomic E-state index is 9.95. The molecule has 2 heterocycles. The molecule has 1 aromatic heterocycles. The van der Waals surface area contributed by atoms with E-state index in [-0.39, 0.29) is 6.10 Å². The van der Waals surface area contributed by atoms with Gasteiger partial charge in [-0.2, -0.15) is 0 Å². The van der Waals surface area contributed by atoms with E-state index in [1.807, 2.05) is 67.6 Å². The van der Waals surface area contributed by atoms with Crippen LogP contribution in [0.25, 0.3) is 11.1 Å². The largest absolute Gasteiger partial charge is 0.472 e. The molecule has 0 saturated carbocycles. The van der Waals surface area contributed by atoms with E-state index in [2.05, 4.69) is 9.88 Å². The molecular weight excluding hydrogens is 352 g/mol. The van der Waals surface area contributed by atoms with Crippen molar-refractivity contribution in [3.8, 4) is 17.0 Å². The molecular formula is C23H24N2O3. The SMILES string of the molecule is Cc1ccc(O[C@H]2CCN(c3ccc(-c4ccccc4)cc3C(O)O)C2)nc1. The molecule has 144 valence electrons. The minimum Gasteiger partial charge on any atom is -0.472 e. The maximum Gasteiger partial charge on any atom is 0.213 e. The van der Waals surface area contributed by atoms with Crippen molar-refractivity contribution in [2.45, 2.75) is 25.7 Å². The fraction of sp³-hybridized carbons (Fsp3) is 0.261. The summed E-state index contributed by atoms with van der Waals surface area (Å²) < 4.78 is 6.00. The molecule has 0 spiro atoms. The molecule has 5 nitrogen and oxygen atoms in total. The number of aliphatic hydroxyl groups is 2. The summed E-state index contributed by atoms with van der Waals surface area (Å²) in [4.78, 5) is 6.45. The van der Waals surface area contributed by atoms with Crippen LogP contribution in [0, 0.1) is 6.92 Å². The Bertz CT molecular complexity index is 926. The van der Waals surface area contributed by atoms with Gasteiger partial charge in [-0.1, -0.05) is 42.5 Å². The summed E-state index contributed by atoms with van der Waals surface area (Å²) in [5, 5.41) is 19.9. The van der Waals surface area contributed by atoms with Crippen LogP contribution in [-0.4, -0.2) is 34.4 Å². The lowest BCUT2D eigenvalue weighted by Crippen LogP contribution is -2.26. The van der Waals surface area contributed by atoms with Crippen LogP contribution in [0.5, 0.6) is 5.88 Å². The fourth-order valence-corrected chi connectivity index (χ4v) is 3.60. The van der Waals surface area contributed by atoms with Crippen molar-refractivity contribution in [1.82, 2.24) is 4.98 Å². The van der Waals surface area contributed by atoms with Gasteiger partial charge in [0, 0.05) is 36.5 Å². The second-order valence-electron chi connectivity index (χ2n) is 7.16. The molecule has 4 rings (SSSR count). The minimum absolute atomic E-state index is 0.0210. The molecule has 5 heteroatoms. The fourth-order valence-electron chi connectivity index (χ4n) is 3.60. The van der Waals surface area contributed by atoms with Crippen molar-refractivity contribution >= 4 is 5.69 Å². The predicted octanol–water partition coefficient (Wildman–Crippen LogP) is 3.70. The molecule has 0 unspecified atom stereocenters. The number of aromatic nitrogens is 1. The first-order valence-corrected chi connectivity index (χ1v) is 9.50. The summed E-state index contributed by atoms with van der Waals surface area (Å²) >= 11 is 0. The standard InChI is InChI=1S/C23H24N2O3/c1-16-7-10-22(24-14-16)28-19-11-12-25(15-19)21-9-8-18(13-20(21)23(26)27)17-5-3-2-4-6-17/h2-10,13-14,19,23,26-27H,11-12,15H2,1H3/t19-/m0/s1. The van der Waals surface area contributed by atoms with Gasteiger partial charge in [-0.25, -0.2) is 4.98 Å². The number of rotatable bonds is 5. The third kappa shape index (κ3) is 4.01. The molecule has 1 aliphatic heterocycles. The number of hydrogen-bond acceptors (Lipinski definition) is 5. The highest BCUT2D eigenvalue weighted by molar-refractivity contribution is 5.69. The van der Waals surface area contributed by atoms with Crippen molar-refractivity contribution in [1.29, 1.82) is 0 Å². The van der Waals surface area contributed by atoms with E-state index in [4.69, 9.17) is 4.74 Å². The van der Waals surface area contributed by atoms with E-state index in [0.717, 1.165) is 35.3 Å². The molecule has 0 amide bonds. The van der Waals surface area contributed by atoms with Crippen molar-refractivity contribution in [2.75, 3.05) is 18.0 Å². The first-order valence-electron chi connectivity index (χ1n) is 9.50. The number of benzene rings is 2. The lowest BCUT2D eigenvalue weighted by atomic mass is 10.0. The van der Waals surface area contributed by atoms with Crippen LogP contribution in [0.15, 0.2) is 66.9 Å². The van der Waals surface area contributed by atoms with Gasteiger partial charge in [0.05, 0.1) is 6.54 Å². The van der Waals surface area contributed by atoms with Crippen molar-refractivity contribution < 1.29 is 14.9 Å². The number of aryl methyl sites for hydroxylation is 1. The van der Waals surface area contributed by atoms with Gasteiger partial charge in [-0.15, -0.1) is 0 Å². The third-order valence-electron chi connectivity index (χ3n) is 5.07. The second-order valence-corrected chi connectivity index (χ2v) is 7.16. The molecule has 3 aromatic rings. The van der Waals surface area contributed by atoms with Gasteiger partial charge < -0.3 is 19.8 Å². The van der Waals surface area contributed by atoms with E-state index in [9.17, 15) is 10.2 Å². The first-order chi connectivity index (χ1) is 13.6. The highest BCUT2D eigenvalue weighted by Crippen LogP contribution is 2.33. The number of pyridine rings is 1. The second kappa shape index (κ2) is 8.00. The van der Waals surface area contributed by atoms with Gasteiger partial charge in [0.15, 0.2) is 6.29 Å². The molecule has 1 fully saturated rings. The Morgan fingerprint density at radius 3 is 2.57 bits per heavy atom. The summed E-state index contributed by atoms with van der Waals surface area (Å²) in [6, 6.07) is 19.6. The Morgan fingerprint density at radius 1 is 1.04 bits per heavy atom. The first kappa shape index (κ1) is 18.5. The Hall–Kier alpha value is -2.89. The summed E-state index contributed by atoms with van der Waals surface area (Å²) in [5.41, 5.74) is 4.45. The van der Waals surface area contributed by atoms with E-state index in [1.165, 1.54) is 0 Å². The molecule has 28 heavy (non-hydrogen) atoms. The molecule has 0 radical (unpaired) electrons. The molecule has 2 N–H and O–H groups in total. The quantitative estimate of drug-likeness (QED) is 0.665. The van der Waals surface area contributed by atoms with Crippen LogP contribution in [0.2, 0.25) is 0 Å². The van der Waals surface area contributed by atoms with Crippen LogP contribution < -0.4 is 9.64 Å². The van der Waals surface area contributed by atoms with Crippen LogP contribution in [0.4, 0.5) is 5.69 Å². The maximum atomic E-state index is 9.95. The molecule has 0 aliphatic carbocycles. The summed E-state index contributed by atoms with van der Waals surface area (Å²) in [5.74, 6) is 0.624. The number of aliphatic hydroxyl groups excluding tert-OH is 1. The topological polar surface area (TPSA) is 65.8 Å². The van der Waals surface area contributed by atoms with Crippen LogP contribution in [-0.2, 0) is 0 Å². The van der Waals surface area contributed by atoms with Gasteiger partial charge >= 0.3 is 0 Å². The van der Waals surface area contributed by atoms with Gasteiger partial charge in [-0.3, -0.25) is 0 Å². The number of nitrogens with zero attached hydrogens (tertiary/aromatic N) is 2. The van der Waals surface area contributed by atoms with Gasteiger partial charge in [0.25, 0.3) is 0 Å². The molecule has 1 aliphatic rings. The van der Waals surface area contributed by atoms with Crippen molar-refractivity contribution in [2.24, 2.45) is 0 Å². The number of hydrogen-bond donors (Lipinski definition) is 2. The van der Waals surface area contributed by atoms with Crippen LogP contribution in [0.1, 0.15) is 23.8 Å². The zero-order chi connectivity index (χ0) is 19.5. The van der Waals surface area contributed by atoms with Gasteiger partial charge in [0.1, 0.15) is 6.10 Å². The monoisotopic (exact) mass is 376 g/mol. The van der Waals surface area contributed by atoms with E-state index in [0.29, 0.717) is 18.0 Å². The number of anilines is 1. The molecule has 1 atom stereocenters. The number of ether oxygens (including phenoxy) is 1. The summed E-state index contributed by atoms with van der Waals surface area (Å²) in [6.07, 6.45) is 1.15. The van der Waals surface area contributed by atoms with Crippen LogP contribution in [0.3, 0.4) is 0 Å². The molecule has 0 bridgehead atoms. The zero-order valence-electron chi connectivity index (χ0n) is 15.8. The smallest absolute Gasteiger partial charge is 0.213 e. The van der Waals surface area contributed by atoms with E-state index < -0.39 is 6.29 Å². The zero-order valence-corrected chi connectivity index (χ0v) is 15.8. The van der Waals surface area contributed by atoms with E-state index >= 15 is 0 Å². The third-order valence-corrected chi connectivity index (χ3v) is 5.07. The normalized spacial score (nSPS) is 16.6. The lowest BCUT2D eigenvalue weighted by Gasteiger charge is -2.23. The highest BCUT2D eigenvalue weighted by atomic mass is 16.5. The molecule has 2 aromatic carbocycles. The highest BCUT2D eigenvalue weighted by Gasteiger charge is 2.27. The van der Waals surface area contributed by atoms with E-state index in [1.54, 1.807) is 6.20 Å². The minimum atomic E-state index is -1.53. The molecule has 1 saturated heterocycles. The van der Waals surface area contributed by atoms with Crippen molar-refractivity contribution in [3.05, 3.63) is 78.0 Å². The van der Waals surface area contributed by atoms with Gasteiger partial charge in [0.2, 0.25) is 5.88 Å². The average molecular weight is 376 g/mol. The Morgan fingerprint density at radius 2 is 1.86 bits per heavy atom. The predicted molar refractivity (Wildman–Crippen MR) is 109 cm³/mol. The van der Waals surface area contributed by atoms with Gasteiger partial charge in [-0.05, 0) is 35.7 Å². The Labute approximate surface area is 164 Å². The summed E-state index contributed by atoms with van der Waals surface area (Å²) in [7, 11) is 0. The van der Waals surface area contributed by atoms with Crippen LogP contribution >= 0.6 is 0 Å². The Kier molecular flexibility index (Phi) is 5.28. The lowest BCUT2D eigenvalue weighted by molar-refractivity contribution is -0.0420. The van der Waals surface area contributed by atoms with Crippen molar-refractivity contribution in [3.63, 3.8) is 0 Å².